The molecule has 1 aliphatic rings. The zero-order valence-corrected chi connectivity index (χ0v) is 15.8. The number of piperidine rings is 1. The van der Waals surface area contributed by atoms with Crippen LogP contribution >= 0.6 is 0 Å². The number of amides is 1. The molecule has 2 aromatic heterocycles. The van der Waals surface area contributed by atoms with Gasteiger partial charge >= 0.3 is 0 Å². The predicted octanol–water partition coefficient (Wildman–Crippen LogP) is 2.43. The first-order chi connectivity index (χ1) is 14.2. The van der Waals surface area contributed by atoms with Crippen LogP contribution in [0.3, 0.4) is 0 Å². The second-order valence-corrected chi connectivity index (χ2v) is 7.03. The van der Waals surface area contributed by atoms with Crippen molar-refractivity contribution in [2.45, 2.75) is 12.8 Å². The number of rotatable bonds is 5. The van der Waals surface area contributed by atoms with E-state index in [0.717, 1.165) is 12.8 Å². The number of carbonyl (C=O) groups excluding carboxylic acids is 1. The topological polar surface area (TPSA) is 113 Å². The highest BCUT2D eigenvalue weighted by atomic mass is 19.1. The van der Waals surface area contributed by atoms with Gasteiger partial charge < -0.3 is 20.9 Å². The van der Waals surface area contributed by atoms with Gasteiger partial charge in [-0.1, -0.05) is 6.07 Å². The monoisotopic (exact) mass is 395 g/mol. The Labute approximate surface area is 167 Å². The third-order valence-corrected chi connectivity index (χ3v) is 5.16. The number of para-hydroxylation sites is 1. The van der Waals surface area contributed by atoms with E-state index in [1.807, 2.05) is 4.90 Å². The summed E-state index contributed by atoms with van der Waals surface area (Å²) in [5.74, 6) is -0.229. The Kier molecular flexibility index (Phi) is 5.48. The summed E-state index contributed by atoms with van der Waals surface area (Å²) in [6.07, 6.45) is 8.01. The molecule has 29 heavy (non-hydrogen) atoms. The molecule has 4 N–H and O–H groups in total. The smallest absolute Gasteiger partial charge is 0.291 e. The Balaban J connectivity index is 1.53. The van der Waals surface area contributed by atoms with Crippen molar-refractivity contribution in [2.24, 2.45) is 11.7 Å². The minimum Gasteiger partial charge on any atom is -0.367 e. The van der Waals surface area contributed by atoms with Crippen molar-refractivity contribution in [1.29, 1.82) is 0 Å². The number of benzene rings is 1. The number of nitrogens with zero attached hydrogens (tertiary/aromatic N) is 4. The van der Waals surface area contributed by atoms with Crippen molar-refractivity contribution in [3.8, 4) is 11.3 Å². The summed E-state index contributed by atoms with van der Waals surface area (Å²) < 4.78 is 14.6. The second kappa shape index (κ2) is 8.36. The molecular formula is C20H22FN7O. The maximum atomic E-state index is 14.6. The van der Waals surface area contributed by atoms with Crippen LogP contribution in [-0.2, 0) is 0 Å². The van der Waals surface area contributed by atoms with Gasteiger partial charge in [-0.05, 0) is 37.4 Å². The van der Waals surface area contributed by atoms with E-state index in [0.29, 0.717) is 48.2 Å². The summed E-state index contributed by atoms with van der Waals surface area (Å²) in [7, 11) is 0. The molecule has 0 unspecified atom stereocenters. The van der Waals surface area contributed by atoms with Crippen LogP contribution in [0.25, 0.3) is 11.3 Å². The van der Waals surface area contributed by atoms with E-state index in [4.69, 9.17) is 5.73 Å². The molecule has 0 saturated carbocycles. The summed E-state index contributed by atoms with van der Waals surface area (Å²) in [6, 6.07) is 4.68. The molecule has 1 amide bonds. The molecule has 1 saturated heterocycles. The van der Waals surface area contributed by atoms with Crippen molar-refractivity contribution < 1.29 is 9.18 Å². The van der Waals surface area contributed by atoms with Crippen molar-refractivity contribution in [1.82, 2.24) is 19.9 Å². The molecule has 3 aromatic rings. The van der Waals surface area contributed by atoms with E-state index in [1.165, 1.54) is 18.6 Å². The van der Waals surface area contributed by atoms with Gasteiger partial charge in [-0.2, -0.15) is 0 Å². The number of anilines is 2. The molecule has 9 heteroatoms. The standard InChI is InChI=1S/C20H22FN7O/c21-15-2-1-3-16(18(15)28-6-4-13(8-22)5-7-28)27-20(29)19-25-11-17(26-19)14-9-23-12-24-10-14/h1-3,9-13H,4-8,22H2,(H,25,26)(H,27,29). The summed E-state index contributed by atoms with van der Waals surface area (Å²) in [5.41, 5.74) is 7.91. The predicted molar refractivity (Wildman–Crippen MR) is 108 cm³/mol. The Morgan fingerprint density at radius 1 is 1.24 bits per heavy atom. The van der Waals surface area contributed by atoms with Gasteiger partial charge in [0, 0.05) is 31.0 Å². The minimum absolute atomic E-state index is 0.126. The highest BCUT2D eigenvalue weighted by Crippen LogP contribution is 2.32. The van der Waals surface area contributed by atoms with Gasteiger partial charge in [0.1, 0.15) is 12.1 Å². The first kappa shape index (κ1) is 19.0. The molecule has 0 aliphatic carbocycles. The Bertz CT molecular complexity index is 984. The summed E-state index contributed by atoms with van der Waals surface area (Å²) >= 11 is 0. The van der Waals surface area contributed by atoms with Gasteiger partial charge in [-0.3, -0.25) is 4.79 Å². The lowest BCUT2D eigenvalue weighted by atomic mass is 9.96. The summed E-state index contributed by atoms with van der Waals surface area (Å²) in [6.45, 7) is 2.04. The van der Waals surface area contributed by atoms with Crippen molar-refractivity contribution in [3.63, 3.8) is 0 Å². The lowest BCUT2D eigenvalue weighted by molar-refractivity contribution is 0.101. The number of carbonyl (C=O) groups is 1. The van der Waals surface area contributed by atoms with Gasteiger partial charge in [0.15, 0.2) is 5.82 Å². The van der Waals surface area contributed by atoms with Gasteiger partial charge in [-0.25, -0.2) is 19.3 Å². The number of nitrogens with two attached hydrogens (primary N) is 1. The van der Waals surface area contributed by atoms with Crippen LogP contribution in [0.5, 0.6) is 0 Å². The Morgan fingerprint density at radius 2 is 2.00 bits per heavy atom. The SMILES string of the molecule is NCC1CCN(c2c(F)cccc2NC(=O)c2ncc(-c3cncnc3)[nH]2)CC1. The van der Waals surface area contributed by atoms with Crippen LogP contribution in [0.1, 0.15) is 23.5 Å². The van der Waals surface area contributed by atoms with Crippen LogP contribution in [-0.4, -0.2) is 45.5 Å². The van der Waals surface area contributed by atoms with Gasteiger partial charge in [0.2, 0.25) is 0 Å². The van der Waals surface area contributed by atoms with Gasteiger partial charge in [0.05, 0.1) is 23.3 Å². The third-order valence-electron chi connectivity index (χ3n) is 5.16. The zero-order chi connectivity index (χ0) is 20.2. The van der Waals surface area contributed by atoms with Crippen LogP contribution < -0.4 is 16.0 Å². The van der Waals surface area contributed by atoms with Crippen LogP contribution in [0.2, 0.25) is 0 Å². The molecular weight excluding hydrogens is 373 g/mol. The lowest BCUT2D eigenvalue weighted by Gasteiger charge is -2.34. The van der Waals surface area contributed by atoms with Crippen molar-refractivity contribution >= 4 is 17.3 Å². The number of hydrogen-bond donors (Lipinski definition) is 3. The highest BCUT2D eigenvalue weighted by Gasteiger charge is 2.24. The van der Waals surface area contributed by atoms with Gasteiger partial charge in [-0.15, -0.1) is 0 Å². The number of aromatic amines is 1. The van der Waals surface area contributed by atoms with E-state index in [2.05, 4.69) is 25.3 Å². The molecule has 0 radical (unpaired) electrons. The zero-order valence-electron chi connectivity index (χ0n) is 15.8. The van der Waals surface area contributed by atoms with Crippen LogP contribution in [0, 0.1) is 11.7 Å². The lowest BCUT2D eigenvalue weighted by Crippen LogP contribution is -2.37. The molecule has 0 atom stereocenters. The maximum Gasteiger partial charge on any atom is 0.291 e. The number of imidazole rings is 1. The number of hydrogen-bond acceptors (Lipinski definition) is 6. The number of halogens is 1. The molecule has 1 aliphatic heterocycles. The third kappa shape index (κ3) is 4.09. The van der Waals surface area contributed by atoms with E-state index in [9.17, 15) is 9.18 Å². The molecule has 0 bridgehead atoms. The molecule has 150 valence electrons. The summed E-state index contributed by atoms with van der Waals surface area (Å²) in [4.78, 5) is 29.7. The molecule has 0 spiro atoms. The first-order valence-electron chi connectivity index (χ1n) is 9.51. The Hall–Kier alpha value is -3.33. The molecule has 4 rings (SSSR count). The second-order valence-electron chi connectivity index (χ2n) is 7.03. The highest BCUT2D eigenvalue weighted by molar-refractivity contribution is 6.04. The fourth-order valence-corrected chi connectivity index (χ4v) is 3.53. The van der Waals surface area contributed by atoms with Crippen molar-refractivity contribution in [3.05, 3.63) is 54.8 Å². The van der Waals surface area contributed by atoms with E-state index >= 15 is 0 Å². The number of aromatic nitrogens is 4. The quantitative estimate of drug-likeness (QED) is 0.612. The van der Waals surface area contributed by atoms with Crippen molar-refractivity contribution in [2.75, 3.05) is 29.9 Å². The van der Waals surface area contributed by atoms with Gasteiger partial charge in [0.25, 0.3) is 5.91 Å². The maximum absolute atomic E-state index is 14.6. The average Bonchev–Trinajstić information content (AvgIpc) is 3.25. The number of nitrogens with one attached hydrogen (secondary N) is 2. The largest absolute Gasteiger partial charge is 0.367 e. The molecule has 1 aromatic carbocycles. The Morgan fingerprint density at radius 3 is 2.72 bits per heavy atom. The van der Waals surface area contributed by atoms with E-state index < -0.39 is 5.91 Å². The normalized spacial score (nSPS) is 14.8. The molecule has 8 nitrogen and oxygen atoms in total. The molecule has 1 fully saturated rings. The summed E-state index contributed by atoms with van der Waals surface area (Å²) in [5, 5.41) is 2.78. The first-order valence-corrected chi connectivity index (χ1v) is 9.51. The van der Waals surface area contributed by atoms with Crippen LogP contribution in [0.4, 0.5) is 15.8 Å². The number of H-pyrrole nitrogens is 1. The fraction of sp³-hybridized carbons (Fsp3) is 0.300. The molecule has 3 heterocycles. The van der Waals surface area contributed by atoms with Crippen LogP contribution in [0.15, 0.2) is 43.1 Å². The fourth-order valence-electron chi connectivity index (χ4n) is 3.53. The minimum atomic E-state index is -0.447. The van der Waals surface area contributed by atoms with E-state index in [1.54, 1.807) is 24.5 Å². The van der Waals surface area contributed by atoms with E-state index in [-0.39, 0.29) is 11.6 Å². The average molecular weight is 395 g/mol.